The van der Waals surface area contributed by atoms with Crippen LogP contribution in [0.3, 0.4) is 0 Å². The summed E-state index contributed by atoms with van der Waals surface area (Å²) in [6.45, 7) is 11.6. The second-order valence-corrected chi connectivity index (χ2v) is 6.20. The predicted molar refractivity (Wildman–Crippen MR) is 87.0 cm³/mol. The molecular weight excluding hydrogens is 244 g/mol. The zero-order valence-electron chi connectivity index (χ0n) is 13.4. The molecular formula is C18H30N2. The minimum atomic E-state index is 0.630. The summed E-state index contributed by atoms with van der Waals surface area (Å²) in [6.07, 6.45) is 3.68. The van der Waals surface area contributed by atoms with Crippen LogP contribution in [0.15, 0.2) is 24.3 Å². The van der Waals surface area contributed by atoms with Gasteiger partial charge in [0.1, 0.15) is 0 Å². The van der Waals surface area contributed by atoms with Crippen molar-refractivity contribution in [1.29, 1.82) is 0 Å². The number of rotatable bonds is 7. The molecule has 0 bridgehead atoms. The molecule has 0 saturated carbocycles. The third kappa shape index (κ3) is 4.07. The molecule has 0 spiro atoms. The molecule has 1 aliphatic rings. The Bertz CT molecular complexity index is 402. The molecule has 1 aliphatic heterocycles. The highest BCUT2D eigenvalue weighted by molar-refractivity contribution is 5.29. The average Bonchev–Trinajstić information content (AvgIpc) is 2.50. The minimum absolute atomic E-state index is 0.630. The van der Waals surface area contributed by atoms with Crippen LogP contribution in [0, 0.1) is 5.92 Å². The molecule has 1 N–H and O–H groups in total. The normalized spacial score (nSPS) is 18.6. The van der Waals surface area contributed by atoms with E-state index in [9.17, 15) is 0 Å². The SMILES string of the molecule is CCCNC(CN1CCc2ccccc2C1)C(C)CC. The van der Waals surface area contributed by atoms with E-state index in [2.05, 4.69) is 55.3 Å². The maximum atomic E-state index is 3.75. The maximum absolute atomic E-state index is 3.75. The Morgan fingerprint density at radius 1 is 1.20 bits per heavy atom. The van der Waals surface area contributed by atoms with Gasteiger partial charge in [0, 0.05) is 25.7 Å². The lowest BCUT2D eigenvalue weighted by Crippen LogP contribution is -2.46. The van der Waals surface area contributed by atoms with Crippen LogP contribution in [0.1, 0.15) is 44.7 Å². The van der Waals surface area contributed by atoms with Gasteiger partial charge in [0.25, 0.3) is 0 Å². The van der Waals surface area contributed by atoms with Crippen molar-refractivity contribution in [3.05, 3.63) is 35.4 Å². The van der Waals surface area contributed by atoms with Gasteiger partial charge in [0.05, 0.1) is 0 Å². The Labute approximate surface area is 124 Å². The van der Waals surface area contributed by atoms with Crippen LogP contribution in [0.4, 0.5) is 0 Å². The highest BCUT2D eigenvalue weighted by Crippen LogP contribution is 2.20. The van der Waals surface area contributed by atoms with Crippen molar-refractivity contribution in [3.63, 3.8) is 0 Å². The van der Waals surface area contributed by atoms with Gasteiger partial charge in [-0.05, 0) is 36.4 Å². The zero-order chi connectivity index (χ0) is 14.4. The standard InChI is InChI=1S/C18H30N2/c1-4-11-19-18(15(3)5-2)14-20-12-10-16-8-6-7-9-17(16)13-20/h6-9,15,18-19H,4-5,10-14H2,1-3H3. The van der Waals surface area contributed by atoms with E-state index < -0.39 is 0 Å². The van der Waals surface area contributed by atoms with Gasteiger partial charge >= 0.3 is 0 Å². The van der Waals surface area contributed by atoms with Gasteiger partial charge in [0.2, 0.25) is 0 Å². The molecule has 0 aliphatic carbocycles. The molecule has 0 amide bonds. The second kappa shape index (κ2) is 7.80. The molecule has 0 fully saturated rings. The molecule has 2 heteroatoms. The molecule has 20 heavy (non-hydrogen) atoms. The third-order valence-corrected chi connectivity index (χ3v) is 4.65. The van der Waals surface area contributed by atoms with Crippen molar-refractivity contribution in [2.75, 3.05) is 19.6 Å². The monoisotopic (exact) mass is 274 g/mol. The fourth-order valence-corrected chi connectivity index (χ4v) is 3.05. The minimum Gasteiger partial charge on any atom is -0.312 e. The van der Waals surface area contributed by atoms with Gasteiger partial charge in [-0.1, -0.05) is 51.5 Å². The fraction of sp³-hybridized carbons (Fsp3) is 0.667. The Balaban J connectivity index is 1.94. The Morgan fingerprint density at radius 2 is 1.95 bits per heavy atom. The van der Waals surface area contributed by atoms with Gasteiger partial charge in [0.15, 0.2) is 0 Å². The van der Waals surface area contributed by atoms with Crippen LogP contribution >= 0.6 is 0 Å². The lowest BCUT2D eigenvalue weighted by atomic mass is 9.95. The van der Waals surface area contributed by atoms with Gasteiger partial charge in [-0.15, -0.1) is 0 Å². The van der Waals surface area contributed by atoms with Crippen LogP contribution in [0.2, 0.25) is 0 Å². The van der Waals surface area contributed by atoms with Crippen LogP contribution in [0.25, 0.3) is 0 Å². The highest BCUT2D eigenvalue weighted by atomic mass is 15.2. The molecule has 1 heterocycles. The molecule has 2 unspecified atom stereocenters. The van der Waals surface area contributed by atoms with Gasteiger partial charge in [-0.25, -0.2) is 0 Å². The van der Waals surface area contributed by atoms with E-state index in [1.165, 1.54) is 37.9 Å². The van der Waals surface area contributed by atoms with Crippen molar-refractivity contribution in [2.24, 2.45) is 5.92 Å². The van der Waals surface area contributed by atoms with E-state index in [0.717, 1.165) is 19.0 Å². The molecule has 1 aromatic carbocycles. The smallest absolute Gasteiger partial charge is 0.0237 e. The van der Waals surface area contributed by atoms with Crippen molar-refractivity contribution in [2.45, 2.75) is 52.6 Å². The summed E-state index contributed by atoms with van der Waals surface area (Å²) in [6, 6.07) is 9.54. The van der Waals surface area contributed by atoms with E-state index in [0.29, 0.717) is 6.04 Å². The van der Waals surface area contributed by atoms with Crippen molar-refractivity contribution in [3.8, 4) is 0 Å². The van der Waals surface area contributed by atoms with E-state index >= 15 is 0 Å². The predicted octanol–water partition coefficient (Wildman–Crippen LogP) is 3.46. The van der Waals surface area contributed by atoms with Crippen LogP contribution in [-0.2, 0) is 13.0 Å². The van der Waals surface area contributed by atoms with Crippen molar-refractivity contribution in [1.82, 2.24) is 10.2 Å². The van der Waals surface area contributed by atoms with Crippen LogP contribution in [-0.4, -0.2) is 30.6 Å². The summed E-state index contributed by atoms with van der Waals surface area (Å²) in [4.78, 5) is 2.63. The average molecular weight is 274 g/mol. The highest BCUT2D eigenvalue weighted by Gasteiger charge is 2.21. The Morgan fingerprint density at radius 3 is 2.65 bits per heavy atom. The molecule has 0 saturated heterocycles. The molecule has 1 aromatic rings. The van der Waals surface area contributed by atoms with Gasteiger partial charge in [-0.3, -0.25) is 4.90 Å². The van der Waals surface area contributed by atoms with Gasteiger partial charge < -0.3 is 5.32 Å². The fourth-order valence-electron chi connectivity index (χ4n) is 3.05. The molecule has 0 aromatic heterocycles. The van der Waals surface area contributed by atoms with E-state index in [-0.39, 0.29) is 0 Å². The molecule has 2 rings (SSSR count). The number of benzene rings is 1. The largest absolute Gasteiger partial charge is 0.312 e. The summed E-state index contributed by atoms with van der Waals surface area (Å²) in [5.74, 6) is 0.749. The number of nitrogens with one attached hydrogen (secondary N) is 1. The van der Waals surface area contributed by atoms with Gasteiger partial charge in [-0.2, -0.15) is 0 Å². The first-order valence-corrected chi connectivity index (χ1v) is 8.27. The quantitative estimate of drug-likeness (QED) is 0.819. The lowest BCUT2D eigenvalue weighted by Gasteiger charge is -2.34. The summed E-state index contributed by atoms with van der Waals surface area (Å²) in [5, 5.41) is 3.75. The first kappa shape index (κ1) is 15.5. The molecule has 112 valence electrons. The Hall–Kier alpha value is -0.860. The van der Waals surface area contributed by atoms with Crippen molar-refractivity contribution >= 4 is 0 Å². The van der Waals surface area contributed by atoms with Crippen molar-refractivity contribution < 1.29 is 0 Å². The molecule has 2 atom stereocenters. The van der Waals surface area contributed by atoms with E-state index in [1.54, 1.807) is 5.56 Å². The Kier molecular flexibility index (Phi) is 6.06. The van der Waals surface area contributed by atoms with E-state index in [4.69, 9.17) is 0 Å². The molecule has 0 radical (unpaired) electrons. The topological polar surface area (TPSA) is 15.3 Å². The first-order valence-electron chi connectivity index (χ1n) is 8.27. The number of nitrogens with zero attached hydrogens (tertiary/aromatic N) is 1. The summed E-state index contributed by atoms with van der Waals surface area (Å²) in [5.41, 5.74) is 3.07. The number of hydrogen-bond donors (Lipinski definition) is 1. The zero-order valence-corrected chi connectivity index (χ0v) is 13.4. The van der Waals surface area contributed by atoms with Crippen LogP contribution < -0.4 is 5.32 Å². The van der Waals surface area contributed by atoms with E-state index in [1.807, 2.05) is 0 Å². The first-order chi connectivity index (χ1) is 9.74. The lowest BCUT2D eigenvalue weighted by molar-refractivity contribution is 0.196. The van der Waals surface area contributed by atoms with Crippen LogP contribution in [0.5, 0.6) is 0 Å². The summed E-state index contributed by atoms with van der Waals surface area (Å²) in [7, 11) is 0. The summed E-state index contributed by atoms with van der Waals surface area (Å²) >= 11 is 0. The maximum Gasteiger partial charge on any atom is 0.0237 e. The second-order valence-electron chi connectivity index (χ2n) is 6.20. The number of fused-ring (bicyclic) bond motifs is 1. The summed E-state index contributed by atoms with van der Waals surface area (Å²) < 4.78 is 0. The third-order valence-electron chi connectivity index (χ3n) is 4.65. The number of hydrogen-bond acceptors (Lipinski definition) is 2. The molecule has 2 nitrogen and oxygen atoms in total.